The molecule has 2 rings (SSSR count). The molecule has 0 saturated carbocycles. The van der Waals surface area contributed by atoms with Crippen LogP contribution in [0.15, 0.2) is 42.6 Å². The molecule has 19 heavy (non-hydrogen) atoms. The maximum atomic E-state index is 11.0. The van der Waals surface area contributed by atoms with Crippen molar-refractivity contribution in [3.63, 3.8) is 0 Å². The van der Waals surface area contributed by atoms with Gasteiger partial charge in [0.25, 0.3) is 0 Å². The van der Waals surface area contributed by atoms with Gasteiger partial charge in [-0.3, -0.25) is 10.1 Å². The van der Waals surface area contributed by atoms with E-state index >= 15 is 0 Å². The fourth-order valence-electron chi connectivity index (χ4n) is 1.78. The van der Waals surface area contributed by atoms with Crippen LogP contribution >= 0.6 is 11.6 Å². The molecule has 98 valence electrons. The number of aromatic nitrogens is 1. The number of anilines is 1. The molecular formula is C13H12ClN3O2. The van der Waals surface area contributed by atoms with Gasteiger partial charge < -0.3 is 4.90 Å². The van der Waals surface area contributed by atoms with Crippen LogP contribution < -0.4 is 4.90 Å². The number of nitro groups is 1. The van der Waals surface area contributed by atoms with E-state index in [0.717, 1.165) is 5.56 Å². The highest BCUT2D eigenvalue weighted by Gasteiger charge is 2.18. The van der Waals surface area contributed by atoms with Crippen molar-refractivity contribution in [2.75, 3.05) is 11.9 Å². The topological polar surface area (TPSA) is 59.3 Å². The first-order valence-electron chi connectivity index (χ1n) is 5.63. The summed E-state index contributed by atoms with van der Waals surface area (Å²) in [5, 5.41) is 11.6. The zero-order chi connectivity index (χ0) is 13.8. The van der Waals surface area contributed by atoms with Crippen LogP contribution in [0, 0.1) is 10.1 Å². The Morgan fingerprint density at radius 2 is 2.05 bits per heavy atom. The molecule has 1 aromatic heterocycles. The standard InChI is InChI=1S/C13H12ClN3O2/c1-16(9-10-5-2-3-6-11(10)14)13-12(17(18)19)7-4-8-15-13/h2-8H,9H2,1H3. The minimum Gasteiger partial charge on any atom is -0.350 e. The van der Waals surface area contributed by atoms with Crippen molar-refractivity contribution in [3.8, 4) is 0 Å². The lowest BCUT2D eigenvalue weighted by Crippen LogP contribution is -2.19. The zero-order valence-electron chi connectivity index (χ0n) is 10.3. The maximum Gasteiger partial charge on any atom is 0.311 e. The van der Waals surface area contributed by atoms with E-state index in [4.69, 9.17) is 11.6 Å². The van der Waals surface area contributed by atoms with Gasteiger partial charge in [0, 0.05) is 30.9 Å². The summed E-state index contributed by atoms with van der Waals surface area (Å²) in [7, 11) is 1.75. The van der Waals surface area contributed by atoms with Crippen LogP contribution in [0.25, 0.3) is 0 Å². The van der Waals surface area contributed by atoms with Crippen molar-refractivity contribution >= 4 is 23.1 Å². The maximum absolute atomic E-state index is 11.0. The van der Waals surface area contributed by atoms with Gasteiger partial charge in [-0.25, -0.2) is 4.98 Å². The summed E-state index contributed by atoms with van der Waals surface area (Å²) < 4.78 is 0. The predicted molar refractivity (Wildman–Crippen MR) is 74.5 cm³/mol. The molecule has 0 unspecified atom stereocenters. The summed E-state index contributed by atoms with van der Waals surface area (Å²) in [6.45, 7) is 0.456. The summed E-state index contributed by atoms with van der Waals surface area (Å²) in [4.78, 5) is 16.3. The largest absolute Gasteiger partial charge is 0.350 e. The molecule has 1 heterocycles. The summed E-state index contributed by atoms with van der Waals surface area (Å²) in [6.07, 6.45) is 1.53. The molecule has 0 aliphatic heterocycles. The average Bonchev–Trinajstić information content (AvgIpc) is 2.41. The predicted octanol–water partition coefficient (Wildman–Crippen LogP) is 3.28. The third kappa shape index (κ3) is 3.00. The molecule has 6 heteroatoms. The van der Waals surface area contributed by atoms with Gasteiger partial charge in [-0.15, -0.1) is 0 Å². The Balaban J connectivity index is 2.28. The average molecular weight is 278 g/mol. The van der Waals surface area contributed by atoms with Crippen LogP contribution in [0.4, 0.5) is 11.5 Å². The lowest BCUT2D eigenvalue weighted by atomic mass is 10.2. The Kier molecular flexibility index (Phi) is 3.97. The summed E-state index contributed by atoms with van der Waals surface area (Å²) >= 11 is 6.08. The molecule has 0 atom stereocenters. The van der Waals surface area contributed by atoms with Crippen LogP contribution in [0.3, 0.4) is 0 Å². The Bertz CT molecular complexity index is 604. The van der Waals surface area contributed by atoms with Gasteiger partial charge >= 0.3 is 5.69 Å². The monoisotopic (exact) mass is 277 g/mol. The van der Waals surface area contributed by atoms with E-state index in [-0.39, 0.29) is 5.69 Å². The van der Waals surface area contributed by atoms with Gasteiger partial charge in [0.2, 0.25) is 5.82 Å². The van der Waals surface area contributed by atoms with E-state index in [1.54, 1.807) is 24.1 Å². The molecule has 0 amide bonds. The number of rotatable bonds is 4. The number of hydrogen-bond donors (Lipinski definition) is 0. The van der Waals surface area contributed by atoms with Crippen molar-refractivity contribution in [1.82, 2.24) is 4.98 Å². The van der Waals surface area contributed by atoms with Crippen LogP contribution in [0.5, 0.6) is 0 Å². The lowest BCUT2D eigenvalue weighted by Gasteiger charge is -2.18. The number of hydrogen-bond acceptors (Lipinski definition) is 4. The summed E-state index contributed by atoms with van der Waals surface area (Å²) in [6, 6.07) is 10.4. The fourth-order valence-corrected chi connectivity index (χ4v) is 1.98. The van der Waals surface area contributed by atoms with Crippen molar-refractivity contribution in [3.05, 3.63) is 63.3 Å². The third-order valence-electron chi connectivity index (χ3n) is 2.69. The van der Waals surface area contributed by atoms with Crippen molar-refractivity contribution in [2.45, 2.75) is 6.54 Å². The molecule has 0 bridgehead atoms. The van der Waals surface area contributed by atoms with Gasteiger partial charge in [0.15, 0.2) is 0 Å². The quantitative estimate of drug-likeness (QED) is 0.636. The second-order valence-corrected chi connectivity index (χ2v) is 4.46. The Morgan fingerprint density at radius 3 is 2.74 bits per heavy atom. The minimum atomic E-state index is -0.439. The number of nitrogens with zero attached hydrogens (tertiary/aromatic N) is 3. The number of pyridine rings is 1. The van der Waals surface area contributed by atoms with E-state index in [1.807, 2.05) is 18.2 Å². The molecule has 5 nitrogen and oxygen atoms in total. The van der Waals surface area contributed by atoms with Crippen molar-refractivity contribution in [2.24, 2.45) is 0 Å². The van der Waals surface area contributed by atoms with Gasteiger partial charge in [-0.2, -0.15) is 0 Å². The van der Waals surface area contributed by atoms with Crippen LogP contribution in [0.1, 0.15) is 5.56 Å². The normalized spacial score (nSPS) is 10.2. The van der Waals surface area contributed by atoms with Crippen molar-refractivity contribution in [1.29, 1.82) is 0 Å². The first-order chi connectivity index (χ1) is 9.09. The molecular weight excluding hydrogens is 266 g/mol. The Hall–Kier alpha value is -2.14. The molecule has 0 N–H and O–H groups in total. The fraction of sp³-hybridized carbons (Fsp3) is 0.154. The second-order valence-electron chi connectivity index (χ2n) is 4.05. The lowest BCUT2D eigenvalue weighted by molar-refractivity contribution is -0.384. The SMILES string of the molecule is CN(Cc1ccccc1Cl)c1ncccc1[N+](=O)[O-]. The van der Waals surface area contributed by atoms with Gasteiger partial charge in [-0.1, -0.05) is 29.8 Å². The third-order valence-corrected chi connectivity index (χ3v) is 3.06. The molecule has 0 aliphatic rings. The molecule has 1 aromatic carbocycles. The highest BCUT2D eigenvalue weighted by molar-refractivity contribution is 6.31. The van der Waals surface area contributed by atoms with Gasteiger partial charge in [-0.05, 0) is 17.7 Å². The van der Waals surface area contributed by atoms with Gasteiger partial charge in [0.1, 0.15) is 0 Å². The minimum absolute atomic E-state index is 0.0166. The summed E-state index contributed by atoms with van der Waals surface area (Å²) in [5.41, 5.74) is 0.878. The Morgan fingerprint density at radius 1 is 1.32 bits per heavy atom. The van der Waals surface area contributed by atoms with Crippen LogP contribution in [-0.2, 0) is 6.54 Å². The Labute approximate surface area is 115 Å². The molecule has 0 aliphatic carbocycles. The van der Waals surface area contributed by atoms with E-state index in [9.17, 15) is 10.1 Å². The van der Waals surface area contributed by atoms with E-state index in [1.165, 1.54) is 12.3 Å². The molecule has 0 saturated heterocycles. The first kappa shape index (κ1) is 13.3. The second kappa shape index (κ2) is 5.67. The van der Waals surface area contributed by atoms with Gasteiger partial charge in [0.05, 0.1) is 4.92 Å². The van der Waals surface area contributed by atoms with Crippen LogP contribution in [-0.4, -0.2) is 17.0 Å². The highest BCUT2D eigenvalue weighted by atomic mass is 35.5. The molecule has 0 spiro atoms. The van der Waals surface area contributed by atoms with E-state index in [2.05, 4.69) is 4.98 Å². The summed E-state index contributed by atoms with van der Waals surface area (Å²) in [5.74, 6) is 0.326. The molecule has 0 radical (unpaired) electrons. The number of halogens is 1. The van der Waals surface area contributed by atoms with E-state index in [0.29, 0.717) is 17.4 Å². The number of benzene rings is 1. The van der Waals surface area contributed by atoms with Crippen molar-refractivity contribution < 1.29 is 4.92 Å². The molecule has 2 aromatic rings. The highest BCUT2D eigenvalue weighted by Crippen LogP contribution is 2.26. The van der Waals surface area contributed by atoms with Crippen LogP contribution in [0.2, 0.25) is 5.02 Å². The molecule has 0 fully saturated rings. The van der Waals surface area contributed by atoms with E-state index < -0.39 is 4.92 Å². The smallest absolute Gasteiger partial charge is 0.311 e. The first-order valence-corrected chi connectivity index (χ1v) is 6.01. The zero-order valence-corrected chi connectivity index (χ0v) is 11.0.